The fraction of sp³-hybridized carbons (Fsp3) is 0.400. The second-order valence-electron chi connectivity index (χ2n) is 3.19. The predicted molar refractivity (Wildman–Crippen MR) is 65.2 cm³/mol. The molecule has 2 aromatic heterocycles. The third-order valence-electron chi connectivity index (χ3n) is 1.94. The van der Waals surface area contributed by atoms with E-state index in [0.717, 1.165) is 35.9 Å². The number of aromatic nitrogens is 2. The second-order valence-corrected chi connectivity index (χ2v) is 4.77. The lowest BCUT2D eigenvalue weighted by Gasteiger charge is -1.97. The average molecular weight is 239 g/mol. The Bertz CT molecular complexity index is 394. The number of hydrogen-bond acceptors (Lipinski definition) is 5. The van der Waals surface area contributed by atoms with Crippen LogP contribution in [0, 0.1) is 0 Å². The molecule has 0 bridgehead atoms. The van der Waals surface area contributed by atoms with E-state index in [1.165, 1.54) is 0 Å². The molecule has 2 aromatic rings. The second kappa shape index (κ2) is 5.34. The molecule has 0 aromatic carbocycles. The summed E-state index contributed by atoms with van der Waals surface area (Å²) in [5.41, 5.74) is 3.94. The molecular formula is C10H13N3S2. The van der Waals surface area contributed by atoms with Crippen LogP contribution in [0.3, 0.4) is 0 Å². The smallest absolute Gasteiger partial charge is 0.143 e. The van der Waals surface area contributed by atoms with Gasteiger partial charge in [-0.15, -0.1) is 22.7 Å². The number of thiazole rings is 2. The Morgan fingerprint density at radius 2 is 2.33 bits per heavy atom. The summed E-state index contributed by atoms with van der Waals surface area (Å²) in [7, 11) is 0. The van der Waals surface area contributed by atoms with Crippen LogP contribution in [0.4, 0.5) is 0 Å². The van der Waals surface area contributed by atoms with Crippen LogP contribution >= 0.6 is 22.7 Å². The summed E-state index contributed by atoms with van der Waals surface area (Å²) >= 11 is 3.26. The first kappa shape index (κ1) is 10.7. The molecule has 0 aliphatic carbocycles. The van der Waals surface area contributed by atoms with Crippen molar-refractivity contribution in [2.24, 2.45) is 0 Å². The third-order valence-corrected chi connectivity index (χ3v) is 3.44. The van der Waals surface area contributed by atoms with Crippen molar-refractivity contribution in [1.82, 2.24) is 15.3 Å². The van der Waals surface area contributed by atoms with Gasteiger partial charge in [-0.25, -0.2) is 9.97 Å². The number of nitrogens with one attached hydrogen (secondary N) is 1. The molecule has 2 heterocycles. The lowest BCUT2D eigenvalue weighted by molar-refractivity contribution is 0.667. The first-order chi connectivity index (χ1) is 7.40. The van der Waals surface area contributed by atoms with Gasteiger partial charge in [-0.05, 0) is 13.0 Å². The quantitative estimate of drug-likeness (QED) is 0.815. The lowest BCUT2D eigenvalue weighted by Crippen LogP contribution is -2.13. The van der Waals surface area contributed by atoms with Crippen molar-refractivity contribution < 1.29 is 0 Å². The predicted octanol–water partition coefficient (Wildman–Crippen LogP) is 2.77. The zero-order valence-electron chi connectivity index (χ0n) is 8.56. The van der Waals surface area contributed by atoms with Crippen LogP contribution in [-0.4, -0.2) is 16.5 Å². The summed E-state index contributed by atoms with van der Waals surface area (Å²) in [6.07, 6.45) is 1.16. The Labute approximate surface area is 97.2 Å². The highest BCUT2D eigenvalue weighted by molar-refractivity contribution is 7.13. The van der Waals surface area contributed by atoms with E-state index >= 15 is 0 Å². The number of hydrogen-bond donors (Lipinski definition) is 1. The minimum absolute atomic E-state index is 0.856. The van der Waals surface area contributed by atoms with Gasteiger partial charge in [0.25, 0.3) is 0 Å². The highest BCUT2D eigenvalue weighted by Gasteiger charge is 2.05. The first-order valence-corrected chi connectivity index (χ1v) is 6.76. The Balaban J connectivity index is 1.98. The minimum atomic E-state index is 0.856. The molecule has 1 N–H and O–H groups in total. The molecule has 2 rings (SSSR count). The van der Waals surface area contributed by atoms with Crippen LogP contribution in [0.25, 0.3) is 10.7 Å². The highest BCUT2D eigenvalue weighted by atomic mass is 32.1. The lowest BCUT2D eigenvalue weighted by atomic mass is 10.4. The fourth-order valence-electron chi connectivity index (χ4n) is 1.22. The van der Waals surface area contributed by atoms with Crippen LogP contribution in [0.5, 0.6) is 0 Å². The molecule has 15 heavy (non-hydrogen) atoms. The van der Waals surface area contributed by atoms with Crippen LogP contribution in [0.2, 0.25) is 0 Å². The van der Waals surface area contributed by atoms with Gasteiger partial charge in [0.2, 0.25) is 0 Å². The number of rotatable bonds is 5. The van der Waals surface area contributed by atoms with Crippen molar-refractivity contribution in [1.29, 1.82) is 0 Å². The average Bonchev–Trinajstić information content (AvgIpc) is 2.87. The number of nitrogens with zero attached hydrogens (tertiary/aromatic N) is 2. The molecule has 0 radical (unpaired) electrons. The Kier molecular flexibility index (Phi) is 3.82. The largest absolute Gasteiger partial charge is 0.311 e. The van der Waals surface area contributed by atoms with Crippen LogP contribution in [0.1, 0.15) is 19.0 Å². The summed E-state index contributed by atoms with van der Waals surface area (Å²) in [6.45, 7) is 4.06. The molecule has 3 nitrogen and oxygen atoms in total. The van der Waals surface area contributed by atoms with Gasteiger partial charge in [-0.3, -0.25) is 0 Å². The van der Waals surface area contributed by atoms with E-state index in [0.29, 0.717) is 0 Å². The summed E-state index contributed by atoms with van der Waals surface area (Å²) in [5, 5.41) is 8.48. The SMILES string of the molecule is CCCNCc1csc(-c2cscn2)n1. The maximum absolute atomic E-state index is 4.52. The van der Waals surface area contributed by atoms with Gasteiger partial charge in [0.1, 0.15) is 10.7 Å². The van der Waals surface area contributed by atoms with Gasteiger partial charge in [-0.2, -0.15) is 0 Å². The molecule has 0 saturated heterocycles. The van der Waals surface area contributed by atoms with Crippen molar-refractivity contribution in [3.05, 3.63) is 22.0 Å². The summed E-state index contributed by atoms with van der Waals surface area (Å²) in [4.78, 5) is 8.77. The van der Waals surface area contributed by atoms with Gasteiger partial charge >= 0.3 is 0 Å². The molecular weight excluding hydrogens is 226 g/mol. The van der Waals surface area contributed by atoms with Crippen molar-refractivity contribution in [3.63, 3.8) is 0 Å². The van der Waals surface area contributed by atoms with Crippen molar-refractivity contribution in [2.45, 2.75) is 19.9 Å². The maximum Gasteiger partial charge on any atom is 0.143 e. The van der Waals surface area contributed by atoms with E-state index in [2.05, 4.69) is 27.6 Å². The molecule has 0 atom stereocenters. The maximum atomic E-state index is 4.52. The molecule has 0 aliphatic rings. The van der Waals surface area contributed by atoms with E-state index in [1.54, 1.807) is 22.7 Å². The van der Waals surface area contributed by atoms with Crippen LogP contribution < -0.4 is 5.32 Å². The Morgan fingerprint density at radius 1 is 1.40 bits per heavy atom. The molecule has 0 spiro atoms. The summed E-state index contributed by atoms with van der Waals surface area (Å²) in [5.74, 6) is 0. The normalized spacial score (nSPS) is 10.7. The zero-order valence-corrected chi connectivity index (χ0v) is 10.2. The van der Waals surface area contributed by atoms with Gasteiger partial charge in [0.05, 0.1) is 11.2 Å². The molecule has 5 heteroatoms. The molecule has 0 fully saturated rings. The van der Waals surface area contributed by atoms with E-state index in [-0.39, 0.29) is 0 Å². The Morgan fingerprint density at radius 3 is 3.07 bits per heavy atom. The molecule has 0 unspecified atom stereocenters. The minimum Gasteiger partial charge on any atom is -0.311 e. The molecule has 0 amide bonds. The zero-order chi connectivity index (χ0) is 10.5. The van der Waals surface area contributed by atoms with E-state index in [4.69, 9.17) is 0 Å². The van der Waals surface area contributed by atoms with Gasteiger partial charge in [0, 0.05) is 17.3 Å². The monoisotopic (exact) mass is 239 g/mol. The van der Waals surface area contributed by atoms with Crippen molar-refractivity contribution in [2.75, 3.05) is 6.54 Å². The van der Waals surface area contributed by atoms with Crippen LogP contribution in [-0.2, 0) is 6.54 Å². The third kappa shape index (κ3) is 2.84. The topological polar surface area (TPSA) is 37.8 Å². The van der Waals surface area contributed by atoms with Crippen LogP contribution in [0.15, 0.2) is 16.3 Å². The van der Waals surface area contributed by atoms with Gasteiger partial charge in [0.15, 0.2) is 0 Å². The fourth-order valence-corrected chi connectivity index (χ4v) is 2.61. The van der Waals surface area contributed by atoms with Gasteiger partial charge in [-0.1, -0.05) is 6.92 Å². The standard InChI is InChI=1S/C10H13N3S2/c1-2-3-11-4-8-5-15-10(13-8)9-6-14-7-12-9/h5-7,11H,2-4H2,1H3. The molecule has 80 valence electrons. The van der Waals surface area contributed by atoms with E-state index in [1.807, 2.05) is 10.9 Å². The van der Waals surface area contributed by atoms with Crippen molar-refractivity contribution >= 4 is 22.7 Å². The molecule has 0 aliphatic heterocycles. The Hall–Kier alpha value is -0.780. The summed E-state index contributed by atoms with van der Waals surface area (Å²) in [6, 6.07) is 0. The summed E-state index contributed by atoms with van der Waals surface area (Å²) < 4.78 is 0. The van der Waals surface area contributed by atoms with Gasteiger partial charge < -0.3 is 5.32 Å². The van der Waals surface area contributed by atoms with E-state index < -0.39 is 0 Å². The van der Waals surface area contributed by atoms with E-state index in [9.17, 15) is 0 Å². The first-order valence-electron chi connectivity index (χ1n) is 4.94. The highest BCUT2D eigenvalue weighted by Crippen LogP contribution is 2.22. The molecule has 0 saturated carbocycles. The van der Waals surface area contributed by atoms with Crippen molar-refractivity contribution in [3.8, 4) is 10.7 Å².